The van der Waals surface area contributed by atoms with Gasteiger partial charge in [0.05, 0.1) is 16.8 Å². The van der Waals surface area contributed by atoms with Gasteiger partial charge in [0.1, 0.15) is 28.7 Å². The highest BCUT2D eigenvalue weighted by molar-refractivity contribution is 9.09. The highest BCUT2D eigenvalue weighted by atomic mass is 79.9. The average molecular weight is 616 g/mol. The second-order valence-corrected chi connectivity index (χ2v) is 14.0. The van der Waals surface area contributed by atoms with Crippen LogP contribution in [0.2, 0.25) is 0 Å². The van der Waals surface area contributed by atoms with Gasteiger partial charge in [-0.2, -0.15) is 0 Å². The molecule has 5 aliphatic rings. The number of esters is 1. The van der Waals surface area contributed by atoms with Crippen molar-refractivity contribution < 1.29 is 34.1 Å². The van der Waals surface area contributed by atoms with Crippen molar-refractivity contribution in [1.29, 1.82) is 0 Å². The number of aliphatic hydroxyl groups excluding tert-OH is 2. The van der Waals surface area contributed by atoms with Crippen LogP contribution in [0.4, 0.5) is 0 Å². The van der Waals surface area contributed by atoms with E-state index in [9.17, 15) is 24.6 Å². The Morgan fingerprint density at radius 1 is 1.19 bits per heavy atom. The van der Waals surface area contributed by atoms with Gasteiger partial charge in [-0.25, -0.2) is 0 Å². The largest absolute Gasteiger partial charge is 0.459 e. The van der Waals surface area contributed by atoms with Gasteiger partial charge in [0.2, 0.25) is 0 Å². The van der Waals surface area contributed by atoms with Gasteiger partial charge < -0.3 is 19.7 Å². The van der Waals surface area contributed by atoms with E-state index in [2.05, 4.69) is 15.9 Å². The molecule has 6 rings (SSSR count). The normalized spacial score (nSPS) is 43.6. The maximum Gasteiger partial charge on any atom is 0.309 e. The van der Waals surface area contributed by atoms with Gasteiger partial charge >= 0.3 is 5.97 Å². The van der Waals surface area contributed by atoms with Crippen LogP contribution in [-0.2, 0) is 19.1 Å². The van der Waals surface area contributed by atoms with E-state index >= 15 is 0 Å². The molecular weight excluding hydrogens is 587 g/mol. The Hall–Kier alpha value is -1.03. The lowest BCUT2D eigenvalue weighted by Crippen LogP contribution is -2.65. The summed E-state index contributed by atoms with van der Waals surface area (Å²) < 4.78 is 11.6. The number of ether oxygens (including phenoxy) is 2. The minimum atomic E-state index is -1.24. The molecular formula is C27H29BrCl2O7. The van der Waals surface area contributed by atoms with Gasteiger partial charge in [-0.3, -0.25) is 14.4 Å². The van der Waals surface area contributed by atoms with E-state index in [0.717, 1.165) is 5.56 Å². The highest BCUT2D eigenvalue weighted by Crippen LogP contribution is 2.69. The molecule has 200 valence electrons. The van der Waals surface area contributed by atoms with Crippen LogP contribution in [0.5, 0.6) is 0 Å². The van der Waals surface area contributed by atoms with E-state index in [-0.39, 0.29) is 34.2 Å². The van der Waals surface area contributed by atoms with Crippen molar-refractivity contribution in [3.05, 3.63) is 34.4 Å². The zero-order valence-corrected chi connectivity index (χ0v) is 23.7. The topological polar surface area (TPSA) is 110 Å². The van der Waals surface area contributed by atoms with Crippen LogP contribution >= 0.6 is 39.1 Å². The Balaban J connectivity index is 1.40. The maximum atomic E-state index is 14.2. The number of carbonyl (C=O) groups excluding carboxylic acids is 3. The average Bonchev–Trinajstić information content (AvgIpc) is 3.50. The summed E-state index contributed by atoms with van der Waals surface area (Å²) in [4.78, 5) is 38.0. The first-order chi connectivity index (χ1) is 17.3. The smallest absolute Gasteiger partial charge is 0.309 e. The van der Waals surface area contributed by atoms with Crippen molar-refractivity contribution in [2.24, 2.45) is 17.3 Å². The number of carbonyl (C=O) groups is 3. The second-order valence-electron chi connectivity index (χ2n) is 11.7. The van der Waals surface area contributed by atoms with Gasteiger partial charge in [-0.1, -0.05) is 41.9 Å². The first-order valence-electron chi connectivity index (χ1n) is 12.7. The van der Waals surface area contributed by atoms with Crippen LogP contribution in [-0.4, -0.2) is 67.4 Å². The van der Waals surface area contributed by atoms with Crippen molar-refractivity contribution in [1.82, 2.24) is 0 Å². The molecule has 7 nitrogen and oxygen atoms in total. The minimum absolute atomic E-state index is 0.0612. The summed E-state index contributed by atoms with van der Waals surface area (Å²) >= 11 is 16.5. The molecule has 1 spiro atoms. The highest BCUT2D eigenvalue weighted by Gasteiger charge is 2.78. The molecule has 1 aromatic rings. The summed E-state index contributed by atoms with van der Waals surface area (Å²) in [5.41, 5.74) is 0.777. The van der Waals surface area contributed by atoms with E-state index in [1.165, 1.54) is 0 Å². The standard InChI is InChI=1S/C27H29BrCl2O7/c1-9-6-14(36-25(9)35)20(31)18(24(29)30)11-4-5-12-13-7-16(28)27-23(34)21(32)15(37-27)8-26(27,3)19(13)22(33)17(12)10(11)2/h4-5,9,13-16,18-21,24,31-32H,6-8H2,1-3H3/t9-,13-,14+,15+,16+,18-,19+,20+,21-,26+,27+/m0/s1. The molecule has 10 heteroatoms. The summed E-state index contributed by atoms with van der Waals surface area (Å²) in [6, 6.07) is 3.77. The van der Waals surface area contributed by atoms with Gasteiger partial charge in [-0.05, 0) is 48.8 Å². The molecule has 2 N–H and O–H groups in total. The molecule has 0 amide bonds. The van der Waals surface area contributed by atoms with E-state index in [1.54, 1.807) is 6.92 Å². The quantitative estimate of drug-likeness (QED) is 0.392. The van der Waals surface area contributed by atoms with Crippen LogP contribution in [0.3, 0.4) is 0 Å². The number of hydrogen-bond acceptors (Lipinski definition) is 7. The Bertz CT molecular complexity index is 1220. The Morgan fingerprint density at radius 3 is 2.49 bits per heavy atom. The number of aliphatic hydroxyl groups is 2. The maximum absolute atomic E-state index is 14.2. The molecule has 37 heavy (non-hydrogen) atoms. The lowest BCUT2D eigenvalue weighted by Gasteiger charge is -2.53. The zero-order valence-electron chi connectivity index (χ0n) is 20.6. The number of Topliss-reactive ketones (excluding diaryl/α,β-unsaturated/α-hetero) is 2. The van der Waals surface area contributed by atoms with E-state index < -0.39 is 52.1 Å². The van der Waals surface area contributed by atoms with Crippen molar-refractivity contribution in [2.45, 2.75) is 91.5 Å². The van der Waals surface area contributed by atoms with Crippen LogP contribution in [0.1, 0.15) is 72.0 Å². The first-order valence-corrected chi connectivity index (χ1v) is 14.5. The van der Waals surface area contributed by atoms with E-state index in [1.807, 2.05) is 26.0 Å². The number of fused-ring (bicyclic) bond motifs is 5. The number of alkyl halides is 3. The minimum Gasteiger partial charge on any atom is -0.459 e. The third kappa shape index (κ3) is 3.20. The lowest BCUT2D eigenvalue weighted by atomic mass is 9.51. The van der Waals surface area contributed by atoms with E-state index in [4.69, 9.17) is 32.7 Å². The van der Waals surface area contributed by atoms with Crippen molar-refractivity contribution in [2.75, 3.05) is 0 Å². The molecule has 3 saturated heterocycles. The molecule has 1 saturated carbocycles. The molecule has 0 radical (unpaired) electrons. The summed E-state index contributed by atoms with van der Waals surface area (Å²) in [5.74, 6) is -2.48. The summed E-state index contributed by atoms with van der Waals surface area (Å²) in [6.07, 6.45) is -2.38. The third-order valence-electron chi connectivity index (χ3n) is 9.89. The molecule has 2 aliphatic carbocycles. The Labute approximate surface area is 233 Å². The Kier molecular flexibility index (Phi) is 6.01. The molecule has 1 aromatic carbocycles. The number of benzene rings is 1. The van der Waals surface area contributed by atoms with Crippen molar-refractivity contribution in [3.63, 3.8) is 0 Å². The van der Waals surface area contributed by atoms with Gasteiger partial charge in [-0.15, -0.1) is 23.2 Å². The molecule has 0 aromatic heterocycles. The number of halogens is 3. The predicted molar refractivity (Wildman–Crippen MR) is 138 cm³/mol. The molecule has 3 heterocycles. The summed E-state index contributed by atoms with van der Waals surface area (Å²) in [6.45, 7) is 5.52. The third-order valence-corrected chi connectivity index (χ3v) is 11.5. The SMILES string of the molecule is Cc1c([C@H](C(Cl)Cl)[C@H](O)[C@H]2C[C@H](C)C(=O)O2)ccc2c1C(=O)[C@H]1[C@H]2C[C@@H](Br)[C@]23O[C@H](C[C@]12C)[C@H](O)C3=O. The van der Waals surface area contributed by atoms with Crippen molar-refractivity contribution in [3.8, 4) is 0 Å². The monoisotopic (exact) mass is 614 g/mol. The van der Waals surface area contributed by atoms with Crippen molar-refractivity contribution >= 4 is 56.7 Å². The number of hydrogen-bond donors (Lipinski definition) is 2. The fourth-order valence-electron chi connectivity index (χ4n) is 8.15. The van der Waals surface area contributed by atoms with Crippen LogP contribution < -0.4 is 0 Å². The zero-order chi connectivity index (χ0) is 26.8. The lowest BCUT2D eigenvalue weighted by molar-refractivity contribution is -0.150. The van der Waals surface area contributed by atoms with Gasteiger partial charge in [0, 0.05) is 22.8 Å². The van der Waals surface area contributed by atoms with E-state index in [0.29, 0.717) is 36.0 Å². The number of rotatable bonds is 4. The molecule has 11 atom stereocenters. The molecule has 4 fully saturated rings. The molecule has 2 bridgehead atoms. The first kappa shape index (κ1) is 26.2. The van der Waals surface area contributed by atoms with Crippen LogP contribution in [0, 0.1) is 24.2 Å². The van der Waals surface area contributed by atoms with Gasteiger partial charge in [0.25, 0.3) is 0 Å². The number of ketones is 2. The van der Waals surface area contributed by atoms with Gasteiger partial charge in [0.15, 0.2) is 11.6 Å². The summed E-state index contributed by atoms with van der Waals surface area (Å²) in [7, 11) is 0. The summed E-state index contributed by atoms with van der Waals surface area (Å²) in [5, 5.41) is 21.7. The Morgan fingerprint density at radius 2 is 1.89 bits per heavy atom. The number of cyclic esters (lactones) is 1. The van der Waals surface area contributed by atoms with Crippen LogP contribution in [0.15, 0.2) is 12.1 Å². The van der Waals surface area contributed by atoms with Crippen LogP contribution in [0.25, 0.3) is 0 Å². The molecule has 3 aliphatic heterocycles. The predicted octanol–water partition coefficient (Wildman–Crippen LogP) is 3.74. The second kappa shape index (κ2) is 8.48. The fraction of sp³-hybridized carbons (Fsp3) is 0.667. The fourth-order valence-corrected chi connectivity index (χ4v) is 9.98. The molecule has 0 unspecified atom stereocenters.